The first-order valence-electron chi connectivity index (χ1n) is 18.7. The van der Waals surface area contributed by atoms with Gasteiger partial charge in [0.05, 0.1) is 0 Å². The fourth-order valence-electron chi connectivity index (χ4n) is 8.09. The maximum atomic E-state index is 5.00. The molecule has 0 amide bonds. The Kier molecular flexibility index (Phi) is 7.77. The molecule has 0 radical (unpaired) electrons. The molecule has 10 rings (SSSR count). The zero-order chi connectivity index (χ0) is 36.9. The summed E-state index contributed by atoms with van der Waals surface area (Å²) in [7, 11) is 0. The first-order chi connectivity index (χ1) is 27.0. The molecule has 0 unspecified atom stereocenters. The van der Waals surface area contributed by atoms with Crippen molar-refractivity contribution in [1.29, 1.82) is 0 Å². The molecule has 0 saturated carbocycles. The predicted octanol–water partition coefficient (Wildman–Crippen LogP) is 12.7. The second-order valence-corrected chi connectivity index (χ2v) is 14.7. The lowest BCUT2D eigenvalue weighted by atomic mass is 9.82. The quantitative estimate of drug-likeness (QED) is 0.173. The summed E-state index contributed by atoms with van der Waals surface area (Å²) in [6.45, 7) is 4.69. The van der Waals surface area contributed by atoms with Gasteiger partial charge in [-0.05, 0) is 84.6 Å². The van der Waals surface area contributed by atoms with Gasteiger partial charge in [0, 0.05) is 34.5 Å². The molecule has 9 aromatic rings. The molecular formula is C51H36N4. The summed E-state index contributed by atoms with van der Waals surface area (Å²) < 4.78 is 0. The Labute approximate surface area is 320 Å². The van der Waals surface area contributed by atoms with Crippen LogP contribution in [0.4, 0.5) is 0 Å². The van der Waals surface area contributed by atoms with Crippen LogP contribution in [0.25, 0.3) is 89.4 Å². The molecule has 55 heavy (non-hydrogen) atoms. The number of benzene rings is 7. The molecule has 0 saturated heterocycles. The summed E-state index contributed by atoms with van der Waals surface area (Å²) in [4.78, 5) is 19.2. The van der Waals surface area contributed by atoms with Crippen molar-refractivity contribution in [3.63, 3.8) is 0 Å². The van der Waals surface area contributed by atoms with Crippen LogP contribution in [0.3, 0.4) is 0 Å². The Hall–Kier alpha value is -7.04. The first-order valence-corrected chi connectivity index (χ1v) is 18.7. The van der Waals surface area contributed by atoms with Gasteiger partial charge >= 0.3 is 0 Å². The van der Waals surface area contributed by atoms with Gasteiger partial charge < -0.3 is 0 Å². The molecule has 1 aliphatic carbocycles. The third kappa shape index (κ3) is 5.80. The maximum Gasteiger partial charge on any atom is 0.164 e. The van der Waals surface area contributed by atoms with Gasteiger partial charge in [0.1, 0.15) is 0 Å². The Balaban J connectivity index is 0.988. The zero-order valence-corrected chi connectivity index (χ0v) is 30.6. The standard InChI is InChI=1S/C51H36N4/c1-51(2)45-27-26-41(31-44(45)47-43-16-7-6-10-35(43)25-28-46(47)51)40-14-8-13-39(30-40)33-17-21-37(22-18-33)49-53-48(36-11-4-3-5-12-36)54-50(55-49)38-23-19-34(20-24-38)42-15-9-29-52-32-42/h3-32H,1-2H3. The van der Waals surface area contributed by atoms with Gasteiger partial charge in [-0.25, -0.2) is 15.0 Å². The number of fused-ring (bicyclic) bond motifs is 5. The molecule has 4 heteroatoms. The highest BCUT2D eigenvalue weighted by molar-refractivity contribution is 6.03. The van der Waals surface area contributed by atoms with Gasteiger partial charge in [-0.1, -0.05) is 166 Å². The summed E-state index contributed by atoms with van der Waals surface area (Å²) in [5.41, 5.74) is 15.1. The molecule has 1 aliphatic rings. The van der Waals surface area contributed by atoms with Crippen molar-refractivity contribution in [3.05, 3.63) is 193 Å². The number of hydrogen-bond acceptors (Lipinski definition) is 4. The Bertz CT molecular complexity index is 2860. The van der Waals surface area contributed by atoms with Crippen molar-refractivity contribution >= 4 is 10.8 Å². The summed E-state index contributed by atoms with van der Waals surface area (Å²) in [5.74, 6) is 1.91. The SMILES string of the molecule is CC1(C)c2ccc(-c3cccc(-c4ccc(-c5nc(-c6ccccc6)nc(-c6ccc(-c7cccnc7)cc6)n5)cc4)c3)cc2-c2c1ccc1ccccc21. The van der Waals surface area contributed by atoms with Gasteiger partial charge in [-0.15, -0.1) is 0 Å². The Morgan fingerprint density at radius 1 is 0.382 bits per heavy atom. The lowest BCUT2D eigenvalue weighted by Gasteiger charge is -2.21. The van der Waals surface area contributed by atoms with E-state index in [2.05, 4.69) is 152 Å². The number of rotatable bonds is 6. The van der Waals surface area contributed by atoms with Crippen molar-refractivity contribution in [1.82, 2.24) is 19.9 Å². The van der Waals surface area contributed by atoms with Crippen molar-refractivity contribution in [3.8, 4) is 78.7 Å². The molecule has 7 aromatic carbocycles. The summed E-state index contributed by atoms with van der Waals surface area (Å²) in [6.07, 6.45) is 3.66. The van der Waals surface area contributed by atoms with E-state index in [0.717, 1.165) is 38.9 Å². The van der Waals surface area contributed by atoms with Crippen LogP contribution in [0.5, 0.6) is 0 Å². The minimum atomic E-state index is -0.0527. The monoisotopic (exact) mass is 704 g/mol. The minimum Gasteiger partial charge on any atom is -0.264 e. The van der Waals surface area contributed by atoms with Crippen molar-refractivity contribution in [2.24, 2.45) is 0 Å². The van der Waals surface area contributed by atoms with E-state index in [-0.39, 0.29) is 5.41 Å². The lowest BCUT2D eigenvalue weighted by Crippen LogP contribution is -2.14. The minimum absolute atomic E-state index is 0.0527. The predicted molar refractivity (Wildman–Crippen MR) is 225 cm³/mol. The molecule has 0 spiro atoms. The molecule has 2 heterocycles. The molecule has 0 N–H and O–H groups in total. The fraction of sp³-hybridized carbons (Fsp3) is 0.0588. The van der Waals surface area contributed by atoms with Crippen LogP contribution in [0.2, 0.25) is 0 Å². The van der Waals surface area contributed by atoms with E-state index in [1.807, 2.05) is 42.6 Å². The average Bonchev–Trinajstić information content (AvgIpc) is 3.49. The second-order valence-electron chi connectivity index (χ2n) is 14.7. The van der Waals surface area contributed by atoms with Gasteiger partial charge in [0.2, 0.25) is 0 Å². The Morgan fingerprint density at radius 2 is 0.891 bits per heavy atom. The van der Waals surface area contributed by atoms with Crippen LogP contribution < -0.4 is 0 Å². The smallest absolute Gasteiger partial charge is 0.164 e. The summed E-state index contributed by atoms with van der Waals surface area (Å²) >= 11 is 0. The van der Waals surface area contributed by atoms with Crippen LogP contribution in [0, 0.1) is 0 Å². The summed E-state index contributed by atoms with van der Waals surface area (Å²) in [6, 6.07) is 60.2. The zero-order valence-electron chi connectivity index (χ0n) is 30.6. The van der Waals surface area contributed by atoms with Crippen molar-refractivity contribution < 1.29 is 0 Å². The number of nitrogens with zero attached hydrogens (tertiary/aromatic N) is 4. The van der Waals surface area contributed by atoms with E-state index < -0.39 is 0 Å². The van der Waals surface area contributed by atoms with Crippen LogP contribution in [0.15, 0.2) is 182 Å². The highest BCUT2D eigenvalue weighted by Gasteiger charge is 2.36. The van der Waals surface area contributed by atoms with E-state index in [9.17, 15) is 0 Å². The second kappa shape index (κ2) is 13.1. The van der Waals surface area contributed by atoms with Crippen LogP contribution in [0.1, 0.15) is 25.0 Å². The third-order valence-electron chi connectivity index (χ3n) is 11.0. The maximum absolute atomic E-state index is 5.00. The molecule has 4 nitrogen and oxygen atoms in total. The van der Waals surface area contributed by atoms with E-state index in [1.54, 1.807) is 6.20 Å². The van der Waals surface area contributed by atoms with Crippen LogP contribution in [-0.4, -0.2) is 19.9 Å². The molecule has 0 aliphatic heterocycles. The Morgan fingerprint density at radius 3 is 1.56 bits per heavy atom. The topological polar surface area (TPSA) is 51.6 Å². The molecule has 0 atom stereocenters. The van der Waals surface area contributed by atoms with E-state index in [4.69, 9.17) is 15.0 Å². The van der Waals surface area contributed by atoms with Gasteiger partial charge in [-0.2, -0.15) is 0 Å². The largest absolute Gasteiger partial charge is 0.264 e. The summed E-state index contributed by atoms with van der Waals surface area (Å²) in [5, 5.41) is 2.60. The molecule has 0 bridgehead atoms. The van der Waals surface area contributed by atoms with Gasteiger partial charge in [-0.3, -0.25) is 4.98 Å². The van der Waals surface area contributed by atoms with E-state index in [1.165, 1.54) is 44.2 Å². The fourth-order valence-corrected chi connectivity index (χ4v) is 8.09. The average molecular weight is 705 g/mol. The molecule has 0 fully saturated rings. The molecule has 260 valence electrons. The van der Waals surface area contributed by atoms with Crippen LogP contribution >= 0.6 is 0 Å². The normalized spacial score (nSPS) is 12.7. The third-order valence-corrected chi connectivity index (χ3v) is 11.0. The van der Waals surface area contributed by atoms with Crippen LogP contribution in [-0.2, 0) is 5.41 Å². The van der Waals surface area contributed by atoms with Crippen molar-refractivity contribution in [2.45, 2.75) is 19.3 Å². The number of aromatic nitrogens is 4. The van der Waals surface area contributed by atoms with E-state index in [0.29, 0.717) is 17.5 Å². The lowest BCUT2D eigenvalue weighted by molar-refractivity contribution is 0.661. The molecular weight excluding hydrogens is 669 g/mol. The highest BCUT2D eigenvalue weighted by atomic mass is 15.0. The first kappa shape index (κ1) is 32.6. The number of pyridine rings is 1. The van der Waals surface area contributed by atoms with Gasteiger partial charge in [0.15, 0.2) is 17.5 Å². The van der Waals surface area contributed by atoms with Crippen molar-refractivity contribution in [2.75, 3.05) is 0 Å². The van der Waals surface area contributed by atoms with E-state index >= 15 is 0 Å². The number of hydrogen-bond donors (Lipinski definition) is 0. The van der Waals surface area contributed by atoms with Gasteiger partial charge in [0.25, 0.3) is 0 Å². The molecule has 2 aromatic heterocycles. The highest BCUT2D eigenvalue weighted by Crippen LogP contribution is 2.52.